The smallest absolute Gasteiger partial charge is 0.287 e. The van der Waals surface area contributed by atoms with E-state index in [1.165, 1.54) is 0 Å². The third-order valence-electron chi connectivity index (χ3n) is 4.45. The van der Waals surface area contributed by atoms with Crippen LogP contribution in [0.1, 0.15) is 27.5 Å². The van der Waals surface area contributed by atoms with Gasteiger partial charge in [-0.25, -0.2) is 4.98 Å². The molecule has 132 valence electrons. The van der Waals surface area contributed by atoms with Gasteiger partial charge in [0.05, 0.1) is 24.7 Å². The number of carbonyl (C=O) groups is 1. The molecule has 6 heteroatoms. The van der Waals surface area contributed by atoms with Gasteiger partial charge in [-0.05, 0) is 38.1 Å². The molecule has 2 aromatic heterocycles. The van der Waals surface area contributed by atoms with E-state index in [0.29, 0.717) is 17.2 Å². The number of carbonyl (C=O) groups excluding carboxylic acids is 1. The number of nitrogens with one attached hydrogen (secondary N) is 2. The fourth-order valence-corrected chi connectivity index (χ4v) is 3.05. The van der Waals surface area contributed by atoms with Gasteiger partial charge in [0.1, 0.15) is 17.2 Å². The van der Waals surface area contributed by atoms with Gasteiger partial charge < -0.3 is 19.5 Å². The zero-order valence-electron chi connectivity index (χ0n) is 14.8. The van der Waals surface area contributed by atoms with Gasteiger partial charge in [-0.15, -0.1) is 0 Å². The fourth-order valence-electron chi connectivity index (χ4n) is 3.05. The van der Waals surface area contributed by atoms with Crippen molar-refractivity contribution < 1.29 is 13.9 Å². The SMILES string of the molecule is COc1ccc2nc(CNC(=O)c3oc4ccc(C)cc4c3C)[nH]c2c1. The minimum atomic E-state index is -0.255. The summed E-state index contributed by atoms with van der Waals surface area (Å²) in [5.74, 6) is 1.51. The number of furan rings is 1. The van der Waals surface area contributed by atoms with E-state index >= 15 is 0 Å². The predicted molar refractivity (Wildman–Crippen MR) is 99.5 cm³/mol. The molecule has 1 amide bonds. The number of aryl methyl sites for hydroxylation is 2. The molecule has 26 heavy (non-hydrogen) atoms. The van der Waals surface area contributed by atoms with Crippen LogP contribution in [0.3, 0.4) is 0 Å². The lowest BCUT2D eigenvalue weighted by molar-refractivity contribution is 0.0923. The molecule has 0 bridgehead atoms. The average molecular weight is 349 g/mol. The monoisotopic (exact) mass is 349 g/mol. The Bertz CT molecular complexity index is 1120. The number of imidazole rings is 1. The van der Waals surface area contributed by atoms with Gasteiger partial charge in [-0.2, -0.15) is 0 Å². The van der Waals surface area contributed by atoms with E-state index in [9.17, 15) is 4.79 Å². The molecule has 4 aromatic rings. The van der Waals surface area contributed by atoms with Crippen molar-refractivity contribution in [3.63, 3.8) is 0 Å². The van der Waals surface area contributed by atoms with E-state index < -0.39 is 0 Å². The van der Waals surface area contributed by atoms with Crippen molar-refractivity contribution in [1.29, 1.82) is 0 Å². The standard InChI is InChI=1S/C20H19N3O3/c1-11-4-7-17-14(8-11)12(2)19(26-17)20(24)21-10-18-22-15-6-5-13(25-3)9-16(15)23-18/h4-9H,10H2,1-3H3,(H,21,24)(H,22,23). The number of hydrogen-bond donors (Lipinski definition) is 2. The van der Waals surface area contributed by atoms with Crippen molar-refractivity contribution in [3.05, 3.63) is 59.1 Å². The number of H-pyrrole nitrogens is 1. The van der Waals surface area contributed by atoms with E-state index in [2.05, 4.69) is 15.3 Å². The normalized spacial score (nSPS) is 11.2. The molecule has 0 spiro atoms. The third kappa shape index (κ3) is 2.79. The van der Waals surface area contributed by atoms with Gasteiger partial charge in [-0.3, -0.25) is 4.79 Å². The Labute approximate surface area is 150 Å². The number of ether oxygens (including phenoxy) is 1. The minimum absolute atomic E-state index is 0.255. The molecule has 0 radical (unpaired) electrons. The van der Waals surface area contributed by atoms with Gasteiger partial charge in [0.2, 0.25) is 0 Å². The van der Waals surface area contributed by atoms with Crippen molar-refractivity contribution in [2.45, 2.75) is 20.4 Å². The summed E-state index contributed by atoms with van der Waals surface area (Å²) in [5, 5.41) is 3.83. The summed E-state index contributed by atoms with van der Waals surface area (Å²) in [5.41, 5.74) is 4.38. The summed E-state index contributed by atoms with van der Waals surface area (Å²) >= 11 is 0. The maximum atomic E-state index is 12.5. The number of methoxy groups -OCH3 is 1. The lowest BCUT2D eigenvalue weighted by Gasteiger charge is -2.01. The van der Waals surface area contributed by atoms with Crippen LogP contribution >= 0.6 is 0 Å². The van der Waals surface area contributed by atoms with Crippen LogP contribution in [0.25, 0.3) is 22.0 Å². The fraction of sp³-hybridized carbons (Fsp3) is 0.200. The molecule has 6 nitrogen and oxygen atoms in total. The highest BCUT2D eigenvalue weighted by Gasteiger charge is 2.18. The van der Waals surface area contributed by atoms with Crippen LogP contribution in [0.5, 0.6) is 5.75 Å². The van der Waals surface area contributed by atoms with Crippen LogP contribution < -0.4 is 10.1 Å². The van der Waals surface area contributed by atoms with E-state index in [4.69, 9.17) is 9.15 Å². The van der Waals surface area contributed by atoms with E-state index in [0.717, 1.165) is 33.3 Å². The average Bonchev–Trinajstić information content (AvgIpc) is 3.20. The third-order valence-corrected chi connectivity index (χ3v) is 4.45. The topological polar surface area (TPSA) is 80.2 Å². The van der Waals surface area contributed by atoms with E-state index in [-0.39, 0.29) is 12.5 Å². The molecule has 2 heterocycles. The van der Waals surface area contributed by atoms with Crippen LogP contribution in [0, 0.1) is 13.8 Å². The van der Waals surface area contributed by atoms with Crippen LogP contribution in [-0.2, 0) is 6.54 Å². The number of hydrogen-bond acceptors (Lipinski definition) is 4. The Balaban J connectivity index is 1.54. The second-order valence-electron chi connectivity index (χ2n) is 6.31. The highest BCUT2D eigenvalue weighted by atomic mass is 16.5. The zero-order valence-corrected chi connectivity index (χ0v) is 14.8. The molecule has 0 aliphatic heterocycles. The second-order valence-corrected chi connectivity index (χ2v) is 6.31. The molecule has 0 fully saturated rings. The van der Waals surface area contributed by atoms with Crippen LogP contribution in [0.2, 0.25) is 0 Å². The number of amides is 1. The lowest BCUT2D eigenvalue weighted by atomic mass is 10.1. The van der Waals surface area contributed by atoms with E-state index in [1.807, 2.05) is 50.2 Å². The van der Waals surface area contributed by atoms with Gasteiger partial charge in [0.15, 0.2) is 5.76 Å². The lowest BCUT2D eigenvalue weighted by Crippen LogP contribution is -2.23. The zero-order chi connectivity index (χ0) is 18.3. The molecule has 4 rings (SSSR count). The maximum Gasteiger partial charge on any atom is 0.287 e. The molecule has 0 saturated heterocycles. The second kappa shape index (κ2) is 6.22. The Morgan fingerprint density at radius 3 is 2.88 bits per heavy atom. The van der Waals surface area contributed by atoms with Gasteiger partial charge in [0.25, 0.3) is 5.91 Å². The summed E-state index contributed by atoms with van der Waals surface area (Å²) < 4.78 is 10.9. The minimum Gasteiger partial charge on any atom is -0.497 e. The number of fused-ring (bicyclic) bond motifs is 2. The van der Waals surface area contributed by atoms with Gasteiger partial charge in [0, 0.05) is 17.0 Å². The molecule has 0 saturated carbocycles. The Morgan fingerprint density at radius 1 is 1.23 bits per heavy atom. The van der Waals surface area contributed by atoms with Gasteiger partial charge >= 0.3 is 0 Å². The quantitative estimate of drug-likeness (QED) is 0.586. The van der Waals surface area contributed by atoms with Crippen LogP contribution in [0.15, 0.2) is 40.8 Å². The molecular formula is C20H19N3O3. The number of nitrogens with zero attached hydrogens (tertiary/aromatic N) is 1. The molecule has 0 aliphatic carbocycles. The summed E-state index contributed by atoms with van der Waals surface area (Å²) in [7, 11) is 1.62. The maximum absolute atomic E-state index is 12.5. The van der Waals surface area contributed by atoms with Crippen molar-refractivity contribution >= 4 is 27.9 Å². The van der Waals surface area contributed by atoms with Crippen molar-refractivity contribution in [2.75, 3.05) is 7.11 Å². The molecular weight excluding hydrogens is 330 g/mol. The Hall–Kier alpha value is -3.28. The Kier molecular flexibility index (Phi) is 3.88. The molecule has 0 atom stereocenters. The summed E-state index contributed by atoms with van der Waals surface area (Å²) in [6.45, 7) is 4.20. The first-order chi connectivity index (χ1) is 12.5. The van der Waals surface area contributed by atoms with Crippen LogP contribution in [0.4, 0.5) is 0 Å². The molecule has 2 aromatic carbocycles. The van der Waals surface area contributed by atoms with Crippen molar-refractivity contribution in [2.24, 2.45) is 0 Å². The summed E-state index contributed by atoms with van der Waals surface area (Å²) in [4.78, 5) is 20.2. The Morgan fingerprint density at radius 2 is 2.08 bits per heavy atom. The number of rotatable bonds is 4. The van der Waals surface area contributed by atoms with Gasteiger partial charge in [-0.1, -0.05) is 11.6 Å². The molecule has 2 N–H and O–H groups in total. The number of aromatic amines is 1. The first-order valence-corrected chi connectivity index (χ1v) is 8.36. The molecule has 0 aliphatic rings. The van der Waals surface area contributed by atoms with Crippen molar-refractivity contribution in [1.82, 2.24) is 15.3 Å². The summed E-state index contributed by atoms with van der Waals surface area (Å²) in [6, 6.07) is 11.5. The highest BCUT2D eigenvalue weighted by Crippen LogP contribution is 2.26. The van der Waals surface area contributed by atoms with Crippen molar-refractivity contribution in [3.8, 4) is 5.75 Å². The number of aromatic nitrogens is 2. The predicted octanol–water partition coefficient (Wildman–Crippen LogP) is 3.86. The van der Waals surface area contributed by atoms with Crippen LogP contribution in [-0.4, -0.2) is 23.0 Å². The first kappa shape index (κ1) is 16.2. The number of benzene rings is 2. The molecule has 0 unspecified atom stereocenters. The first-order valence-electron chi connectivity index (χ1n) is 8.36. The van der Waals surface area contributed by atoms with E-state index in [1.54, 1.807) is 7.11 Å². The highest BCUT2D eigenvalue weighted by molar-refractivity contribution is 5.99. The largest absolute Gasteiger partial charge is 0.497 e. The summed E-state index contributed by atoms with van der Waals surface area (Å²) in [6.07, 6.45) is 0.